The number of carbonyl (C=O) groups excluding carboxylic acids is 2. The van der Waals surface area contributed by atoms with Gasteiger partial charge in [0, 0.05) is 30.8 Å². The number of ether oxygens (including phenoxy) is 5. The largest absolute Gasteiger partial charge is 0.497 e. The Morgan fingerprint density at radius 2 is 1.86 bits per heavy atom. The highest BCUT2D eigenvalue weighted by Crippen LogP contribution is 2.51. The van der Waals surface area contributed by atoms with Crippen molar-refractivity contribution in [1.29, 1.82) is 0 Å². The van der Waals surface area contributed by atoms with Crippen molar-refractivity contribution in [2.75, 3.05) is 54.2 Å². The van der Waals surface area contributed by atoms with Crippen molar-refractivity contribution >= 4 is 11.8 Å². The van der Waals surface area contributed by atoms with Crippen LogP contribution < -0.4 is 24.3 Å². The molecule has 2 aromatic carbocycles. The van der Waals surface area contributed by atoms with Gasteiger partial charge in [-0.1, -0.05) is 0 Å². The number of aliphatic hydroxyl groups is 3. The van der Waals surface area contributed by atoms with E-state index in [1.807, 2.05) is 6.07 Å². The lowest BCUT2D eigenvalue weighted by molar-refractivity contribution is -0.141. The summed E-state index contributed by atoms with van der Waals surface area (Å²) in [5, 5.41) is 33.9. The zero-order chi connectivity index (χ0) is 31.4. The lowest BCUT2D eigenvalue weighted by atomic mass is 9.77. The van der Waals surface area contributed by atoms with Crippen molar-refractivity contribution in [3.63, 3.8) is 0 Å². The molecule has 44 heavy (non-hydrogen) atoms. The maximum Gasteiger partial charge on any atom is 0.247 e. The molecule has 4 N–H and O–H groups in total. The summed E-state index contributed by atoms with van der Waals surface area (Å²) >= 11 is 0. The summed E-state index contributed by atoms with van der Waals surface area (Å²) in [6.45, 7) is 0.424. The number of hydrogen-bond donors (Lipinski definition) is 4. The van der Waals surface area contributed by atoms with Crippen LogP contribution in [0, 0.1) is 5.92 Å². The first kappa shape index (κ1) is 31.6. The molecule has 5 atom stereocenters. The normalized spacial score (nSPS) is 23.6. The van der Waals surface area contributed by atoms with Gasteiger partial charge in [0.1, 0.15) is 23.7 Å². The molecular weight excluding hydrogens is 572 g/mol. The van der Waals surface area contributed by atoms with Gasteiger partial charge in [0.15, 0.2) is 11.5 Å². The number of carbonyl (C=O) groups is 2. The number of amides is 2. The van der Waals surface area contributed by atoms with E-state index < -0.39 is 36.0 Å². The molecule has 12 heteroatoms. The van der Waals surface area contributed by atoms with Gasteiger partial charge in [0.25, 0.3) is 0 Å². The standard InChI is InChI=1S/C32H40N2O10/c1-40-21-4-5-25(41-2)19(14-21)6-9-34(32(39)20-7-11-43-17-20)24-15-23(31(38)33-8-10-35)27-22-12-18(16-36)13-26(42-3)29(22)44-30(27)28(24)37/h4-5,12-15,20,24,27-28,30,35-37H,6-11,16-17H2,1-3H3,(H,33,38)/t20?,24-,27+,28+,30+/m1/s1. The van der Waals surface area contributed by atoms with Crippen molar-refractivity contribution in [1.82, 2.24) is 10.2 Å². The van der Waals surface area contributed by atoms with Gasteiger partial charge in [0.05, 0.1) is 59.0 Å². The second-order valence-electron chi connectivity index (χ2n) is 11.0. The van der Waals surface area contributed by atoms with E-state index in [1.165, 1.54) is 7.11 Å². The van der Waals surface area contributed by atoms with Crippen LogP contribution in [-0.4, -0.2) is 105 Å². The summed E-state index contributed by atoms with van der Waals surface area (Å²) < 4.78 is 28.3. The third-order valence-corrected chi connectivity index (χ3v) is 8.53. The van der Waals surface area contributed by atoms with E-state index in [0.717, 1.165) is 5.56 Å². The van der Waals surface area contributed by atoms with Gasteiger partial charge in [-0.15, -0.1) is 0 Å². The third kappa shape index (κ3) is 6.07. The van der Waals surface area contributed by atoms with Crippen LogP contribution in [0.15, 0.2) is 42.0 Å². The van der Waals surface area contributed by atoms with Crippen LogP contribution in [0.2, 0.25) is 0 Å². The minimum absolute atomic E-state index is 0.0200. The fourth-order valence-electron chi connectivity index (χ4n) is 6.31. The van der Waals surface area contributed by atoms with Gasteiger partial charge in [-0.25, -0.2) is 0 Å². The lowest BCUT2D eigenvalue weighted by Crippen LogP contribution is -2.57. The molecule has 1 saturated heterocycles. The quantitative estimate of drug-likeness (QED) is 0.272. The maximum atomic E-state index is 14.1. The minimum atomic E-state index is -1.22. The summed E-state index contributed by atoms with van der Waals surface area (Å²) in [5.41, 5.74) is 2.24. The number of fused-ring (bicyclic) bond motifs is 3. The Hall–Kier alpha value is -3.84. The zero-order valence-corrected chi connectivity index (χ0v) is 25.2. The fourth-order valence-corrected chi connectivity index (χ4v) is 6.31. The number of aliphatic hydroxyl groups excluding tert-OH is 3. The Kier molecular flexibility index (Phi) is 9.94. The van der Waals surface area contributed by atoms with Crippen LogP contribution in [0.4, 0.5) is 0 Å². The molecule has 2 amide bonds. The average molecular weight is 613 g/mol. The molecule has 12 nitrogen and oxygen atoms in total. The Bertz CT molecular complexity index is 1390. The molecule has 3 aliphatic rings. The lowest BCUT2D eigenvalue weighted by Gasteiger charge is -2.41. The second kappa shape index (κ2) is 13.9. The van der Waals surface area contributed by atoms with Gasteiger partial charge in [-0.05, 0) is 60.4 Å². The van der Waals surface area contributed by atoms with E-state index in [9.17, 15) is 24.9 Å². The Balaban J connectivity index is 1.56. The van der Waals surface area contributed by atoms with E-state index in [0.29, 0.717) is 53.6 Å². The van der Waals surface area contributed by atoms with Crippen molar-refractivity contribution in [3.8, 4) is 23.0 Å². The molecule has 2 aliphatic heterocycles. The molecular formula is C32H40N2O10. The van der Waals surface area contributed by atoms with Crippen LogP contribution in [0.25, 0.3) is 0 Å². The van der Waals surface area contributed by atoms with Crippen LogP contribution in [0.5, 0.6) is 23.0 Å². The van der Waals surface area contributed by atoms with Crippen LogP contribution in [0.1, 0.15) is 29.0 Å². The Labute approximate surface area is 256 Å². The monoisotopic (exact) mass is 612 g/mol. The molecule has 1 unspecified atom stereocenters. The van der Waals surface area contributed by atoms with Gasteiger partial charge < -0.3 is 49.2 Å². The van der Waals surface area contributed by atoms with E-state index in [1.54, 1.807) is 49.5 Å². The van der Waals surface area contributed by atoms with E-state index in [4.69, 9.17) is 23.7 Å². The highest BCUT2D eigenvalue weighted by Gasteiger charge is 2.52. The zero-order valence-electron chi connectivity index (χ0n) is 25.2. The molecule has 0 saturated carbocycles. The number of nitrogens with one attached hydrogen (secondary N) is 1. The summed E-state index contributed by atoms with van der Waals surface area (Å²) in [5.74, 6) is 0.230. The Morgan fingerprint density at radius 3 is 2.52 bits per heavy atom. The molecule has 0 radical (unpaired) electrons. The predicted octanol–water partition coefficient (Wildman–Crippen LogP) is 0.935. The van der Waals surface area contributed by atoms with E-state index in [2.05, 4.69) is 5.32 Å². The molecule has 1 fully saturated rings. The van der Waals surface area contributed by atoms with E-state index >= 15 is 0 Å². The highest BCUT2D eigenvalue weighted by molar-refractivity contribution is 5.96. The highest BCUT2D eigenvalue weighted by atomic mass is 16.5. The first-order valence-electron chi connectivity index (χ1n) is 14.7. The first-order chi connectivity index (χ1) is 21.3. The van der Waals surface area contributed by atoms with Crippen molar-refractivity contribution < 1.29 is 48.6 Å². The van der Waals surface area contributed by atoms with Crippen molar-refractivity contribution in [2.24, 2.45) is 5.92 Å². The topological polar surface area (TPSA) is 156 Å². The van der Waals surface area contributed by atoms with Gasteiger partial charge in [-0.3, -0.25) is 9.59 Å². The minimum Gasteiger partial charge on any atom is -0.497 e. The maximum absolute atomic E-state index is 14.1. The third-order valence-electron chi connectivity index (χ3n) is 8.53. The summed E-state index contributed by atoms with van der Waals surface area (Å²) in [7, 11) is 4.62. The van der Waals surface area contributed by atoms with E-state index in [-0.39, 0.29) is 44.4 Å². The molecule has 2 heterocycles. The van der Waals surface area contributed by atoms with Gasteiger partial charge in [0.2, 0.25) is 11.8 Å². The van der Waals surface area contributed by atoms with Crippen molar-refractivity contribution in [3.05, 3.63) is 58.7 Å². The number of nitrogens with zero attached hydrogens (tertiary/aromatic N) is 1. The molecule has 2 aromatic rings. The molecule has 1 aliphatic carbocycles. The number of methoxy groups -OCH3 is 3. The van der Waals surface area contributed by atoms with Crippen LogP contribution in [-0.2, 0) is 27.4 Å². The molecule has 0 spiro atoms. The number of hydrogen-bond acceptors (Lipinski definition) is 10. The average Bonchev–Trinajstić information content (AvgIpc) is 3.73. The summed E-state index contributed by atoms with van der Waals surface area (Å²) in [4.78, 5) is 29.2. The molecule has 5 rings (SSSR count). The van der Waals surface area contributed by atoms with Gasteiger partial charge >= 0.3 is 0 Å². The van der Waals surface area contributed by atoms with Gasteiger partial charge in [-0.2, -0.15) is 0 Å². The number of benzene rings is 2. The SMILES string of the molecule is COc1ccc(OC)c(CCN(C(=O)C2CCOC2)[C@@H]2C=C(C(=O)NCCO)[C@@H]3c4cc(CO)cc(OC)c4O[C@@H]3[C@H]2O)c1. The smallest absolute Gasteiger partial charge is 0.247 e. The second-order valence-corrected chi connectivity index (χ2v) is 11.0. The number of rotatable bonds is 12. The molecule has 0 aromatic heterocycles. The summed E-state index contributed by atoms with van der Waals surface area (Å²) in [6.07, 6.45) is 0.405. The Morgan fingerprint density at radius 1 is 1.07 bits per heavy atom. The fraction of sp³-hybridized carbons (Fsp3) is 0.500. The molecule has 238 valence electrons. The van der Waals surface area contributed by atoms with Crippen LogP contribution in [0.3, 0.4) is 0 Å². The predicted molar refractivity (Wildman–Crippen MR) is 158 cm³/mol. The molecule has 0 bridgehead atoms. The van der Waals surface area contributed by atoms with Crippen LogP contribution >= 0.6 is 0 Å². The summed E-state index contributed by atoms with van der Waals surface area (Å²) in [6, 6.07) is 7.89. The first-order valence-corrected chi connectivity index (χ1v) is 14.7. The van der Waals surface area contributed by atoms with Crippen molar-refractivity contribution in [2.45, 2.75) is 43.6 Å².